The number of nitrogens with zero attached hydrogens (tertiary/aromatic N) is 5. The second kappa shape index (κ2) is 11.1. The minimum atomic E-state index is -4.85. The summed E-state index contributed by atoms with van der Waals surface area (Å²) < 4.78 is 35.1. The number of halogens is 1. The van der Waals surface area contributed by atoms with E-state index < -0.39 is 52.2 Å². The Balaban J connectivity index is 1.30. The average molecular weight is 638 g/mol. The predicted octanol–water partition coefficient (Wildman–Crippen LogP) is 2.72. The highest BCUT2D eigenvalue weighted by Gasteiger charge is 2.46. The van der Waals surface area contributed by atoms with E-state index >= 15 is 0 Å². The van der Waals surface area contributed by atoms with Gasteiger partial charge in [0.15, 0.2) is 29.1 Å². The van der Waals surface area contributed by atoms with Gasteiger partial charge in [-0.05, 0) is 28.8 Å². The Bertz CT molecular complexity index is 1720. The summed E-state index contributed by atoms with van der Waals surface area (Å²) in [6, 6.07) is 18.0. The molecule has 2 aromatic carbocycles. The third-order valence-electron chi connectivity index (χ3n) is 7.22. The lowest BCUT2D eigenvalue weighted by molar-refractivity contribution is -0.0483. The first-order valence-electron chi connectivity index (χ1n) is 12.8. The molecule has 14 nitrogen and oxygen atoms in total. The van der Waals surface area contributed by atoms with Crippen molar-refractivity contribution in [2.45, 2.75) is 30.5 Å². The molecule has 0 spiro atoms. The summed E-state index contributed by atoms with van der Waals surface area (Å²) in [6.45, 7) is -0.170. The van der Waals surface area contributed by atoms with E-state index in [2.05, 4.69) is 33.2 Å². The number of para-hydroxylation sites is 1. The van der Waals surface area contributed by atoms with Crippen molar-refractivity contribution < 1.29 is 43.3 Å². The van der Waals surface area contributed by atoms with Gasteiger partial charge in [0.2, 0.25) is 5.28 Å². The van der Waals surface area contributed by atoms with E-state index in [-0.39, 0.29) is 16.8 Å². The van der Waals surface area contributed by atoms with E-state index in [0.717, 1.165) is 16.8 Å². The second-order valence-corrected chi connectivity index (χ2v) is 14.4. The van der Waals surface area contributed by atoms with Crippen molar-refractivity contribution in [1.29, 1.82) is 0 Å². The molecule has 2 aliphatic rings. The number of hydrogen-bond acceptors (Lipinski definition) is 10. The van der Waals surface area contributed by atoms with Crippen molar-refractivity contribution in [1.82, 2.24) is 19.5 Å². The van der Waals surface area contributed by atoms with Gasteiger partial charge in [-0.25, -0.2) is 4.98 Å². The molecule has 17 heteroatoms. The molecule has 1 fully saturated rings. The quantitative estimate of drug-likeness (QED) is 0.140. The van der Waals surface area contributed by atoms with Gasteiger partial charge in [0.25, 0.3) is 0 Å². The lowest BCUT2D eigenvalue weighted by Gasteiger charge is -2.20. The summed E-state index contributed by atoms with van der Waals surface area (Å²) in [5.41, 5.74) is 3.72. The third-order valence-corrected chi connectivity index (χ3v) is 10.8. The Kier molecular flexibility index (Phi) is 7.73. The summed E-state index contributed by atoms with van der Waals surface area (Å²) in [6.07, 6.45) is -4.32. The van der Waals surface area contributed by atoms with Crippen LogP contribution < -0.4 is 4.90 Å². The predicted molar refractivity (Wildman–Crippen MR) is 151 cm³/mol. The number of aromatic nitrogens is 4. The summed E-state index contributed by atoms with van der Waals surface area (Å²) >= 11 is 6.38. The van der Waals surface area contributed by atoms with Gasteiger partial charge < -0.3 is 39.1 Å². The van der Waals surface area contributed by atoms with Crippen LogP contribution in [0.15, 0.2) is 60.9 Å². The Morgan fingerprint density at radius 1 is 1.00 bits per heavy atom. The van der Waals surface area contributed by atoms with E-state index in [0.29, 0.717) is 17.9 Å². The SMILES string of the molecule is O=P(O)(O)CP(=O)(O)OC[C@H]1O[C@@H](n2cnc3c(N4CC(c5ccccc5)c5ccccc54)nc(Cl)nc32)C(O)C1O. The first-order chi connectivity index (χ1) is 19.9. The van der Waals surface area contributed by atoms with E-state index in [1.54, 1.807) is 0 Å². The van der Waals surface area contributed by atoms with Crippen LogP contribution in [0.1, 0.15) is 23.3 Å². The molecule has 4 aromatic rings. The standard InChI is InChI=1S/C25H26ClN5O9P2/c26-25-28-22(30-10-16(14-6-2-1-3-7-14)15-8-4-5-9-17(15)30)19-23(29-25)31(12-27-19)24-21(33)20(32)18(40-24)11-39-42(37,38)13-41(34,35)36/h1-9,12,16,18,20-21,24,32-33H,10-11,13H2,(H,37,38)(H2,34,35,36)/t16?,18-,20?,21?,24-/m1/s1. The minimum Gasteiger partial charge on any atom is -0.387 e. The van der Waals surface area contributed by atoms with Gasteiger partial charge in [0.05, 0.1) is 12.9 Å². The highest BCUT2D eigenvalue weighted by Crippen LogP contribution is 2.55. The zero-order chi connectivity index (χ0) is 29.8. The molecule has 5 N–H and O–H groups in total. The number of aliphatic hydroxyl groups excluding tert-OH is 2. The average Bonchev–Trinajstić information content (AvgIpc) is 3.60. The molecule has 222 valence electrons. The topological polar surface area (TPSA) is 201 Å². The van der Waals surface area contributed by atoms with Gasteiger partial charge >= 0.3 is 15.2 Å². The number of benzene rings is 2. The number of aliphatic hydroxyl groups is 2. The van der Waals surface area contributed by atoms with Crippen molar-refractivity contribution in [3.05, 3.63) is 77.3 Å². The van der Waals surface area contributed by atoms with Crippen LogP contribution in [0, 0.1) is 0 Å². The van der Waals surface area contributed by atoms with Crippen LogP contribution in [0.2, 0.25) is 5.28 Å². The van der Waals surface area contributed by atoms with E-state index in [1.165, 1.54) is 10.9 Å². The summed E-state index contributed by atoms with van der Waals surface area (Å²) in [5.74, 6) is -0.914. The molecular formula is C25H26ClN5O9P2. The maximum atomic E-state index is 12.1. The highest BCUT2D eigenvalue weighted by molar-refractivity contribution is 7.70. The van der Waals surface area contributed by atoms with Gasteiger partial charge in [-0.15, -0.1) is 0 Å². The van der Waals surface area contributed by atoms with Crippen LogP contribution in [0.25, 0.3) is 11.2 Å². The summed E-state index contributed by atoms with van der Waals surface area (Å²) in [7, 11) is -9.56. The zero-order valence-corrected chi connectivity index (χ0v) is 24.2. The first-order valence-corrected chi connectivity index (χ1v) is 16.7. The molecule has 4 unspecified atom stereocenters. The molecule has 6 atom stereocenters. The zero-order valence-electron chi connectivity index (χ0n) is 21.7. The minimum absolute atomic E-state index is 0.0530. The number of fused-ring (bicyclic) bond motifs is 2. The lowest BCUT2D eigenvalue weighted by atomic mass is 9.93. The Morgan fingerprint density at radius 2 is 1.71 bits per heavy atom. The molecule has 0 radical (unpaired) electrons. The van der Waals surface area contributed by atoms with Gasteiger partial charge in [-0.1, -0.05) is 48.5 Å². The first kappa shape index (κ1) is 29.3. The number of ether oxygens (including phenoxy) is 1. The molecule has 0 bridgehead atoms. The fourth-order valence-corrected chi connectivity index (χ4v) is 8.12. The van der Waals surface area contributed by atoms with Crippen molar-refractivity contribution in [3.8, 4) is 0 Å². The molecule has 6 rings (SSSR count). The number of anilines is 2. The van der Waals surface area contributed by atoms with Crippen molar-refractivity contribution in [2.75, 3.05) is 24.0 Å². The molecule has 0 amide bonds. The van der Waals surface area contributed by atoms with Crippen molar-refractivity contribution in [3.63, 3.8) is 0 Å². The molecule has 2 aliphatic heterocycles. The van der Waals surface area contributed by atoms with Crippen LogP contribution in [-0.4, -0.2) is 81.8 Å². The molecule has 42 heavy (non-hydrogen) atoms. The van der Waals surface area contributed by atoms with Crippen LogP contribution >= 0.6 is 26.8 Å². The fourth-order valence-electron chi connectivity index (χ4n) is 5.39. The summed E-state index contributed by atoms with van der Waals surface area (Å²) in [5, 5.41) is 21.3. The number of rotatable bonds is 8. The van der Waals surface area contributed by atoms with Gasteiger partial charge in [-0.3, -0.25) is 13.7 Å². The largest absolute Gasteiger partial charge is 0.387 e. The molecule has 2 aromatic heterocycles. The van der Waals surface area contributed by atoms with E-state index in [9.17, 15) is 24.2 Å². The number of imidazole rings is 1. The maximum absolute atomic E-state index is 12.1. The van der Waals surface area contributed by atoms with E-state index in [4.69, 9.17) is 30.6 Å². The van der Waals surface area contributed by atoms with Crippen LogP contribution in [-0.2, 0) is 18.4 Å². The molecular weight excluding hydrogens is 612 g/mol. The van der Waals surface area contributed by atoms with Gasteiger partial charge in [-0.2, -0.15) is 9.97 Å². The smallest absolute Gasteiger partial charge is 0.340 e. The third kappa shape index (κ3) is 5.63. The van der Waals surface area contributed by atoms with Gasteiger partial charge in [0.1, 0.15) is 18.3 Å². The molecule has 0 aliphatic carbocycles. The van der Waals surface area contributed by atoms with Gasteiger partial charge in [0, 0.05) is 18.2 Å². The Morgan fingerprint density at radius 3 is 2.45 bits per heavy atom. The Hall–Kier alpha value is -2.74. The van der Waals surface area contributed by atoms with Crippen LogP contribution in [0.5, 0.6) is 0 Å². The number of hydrogen-bond donors (Lipinski definition) is 5. The fraction of sp³-hybridized carbons (Fsp3) is 0.320. The normalized spacial score (nSPS) is 25.6. The van der Waals surface area contributed by atoms with Crippen LogP contribution in [0.3, 0.4) is 0 Å². The second-order valence-electron chi connectivity index (χ2n) is 10.1. The maximum Gasteiger partial charge on any atom is 0.340 e. The molecule has 0 saturated carbocycles. The molecule has 4 heterocycles. The molecule has 1 saturated heterocycles. The van der Waals surface area contributed by atoms with Crippen molar-refractivity contribution >= 4 is 49.5 Å². The summed E-state index contributed by atoms with van der Waals surface area (Å²) in [4.78, 5) is 43.1. The lowest BCUT2D eigenvalue weighted by Crippen LogP contribution is -2.33. The monoisotopic (exact) mass is 637 g/mol. The van der Waals surface area contributed by atoms with Crippen LogP contribution in [0.4, 0.5) is 11.5 Å². The Labute approximate surface area is 243 Å². The van der Waals surface area contributed by atoms with Crippen molar-refractivity contribution in [2.24, 2.45) is 0 Å². The highest BCUT2D eigenvalue weighted by atomic mass is 35.5. The van der Waals surface area contributed by atoms with E-state index in [1.807, 2.05) is 41.3 Å².